The third-order valence-corrected chi connectivity index (χ3v) is 3.80. The minimum Gasteiger partial charge on any atom is -0.395 e. The summed E-state index contributed by atoms with van der Waals surface area (Å²) >= 11 is 0. The van der Waals surface area contributed by atoms with Crippen molar-refractivity contribution in [2.24, 2.45) is 13.0 Å². The molecule has 0 aliphatic carbocycles. The molecule has 0 radical (unpaired) electrons. The fourth-order valence-corrected chi connectivity index (χ4v) is 2.66. The van der Waals surface area contributed by atoms with Crippen molar-refractivity contribution < 1.29 is 9.59 Å². The number of aromatic nitrogens is 2. The van der Waals surface area contributed by atoms with E-state index in [1.54, 1.807) is 25.9 Å². The molecule has 110 valence electrons. The van der Waals surface area contributed by atoms with Crippen LogP contribution in [0, 0.1) is 12.8 Å². The Morgan fingerprint density at radius 3 is 2.70 bits per heavy atom. The highest BCUT2D eigenvalue weighted by Crippen LogP contribution is 2.22. The van der Waals surface area contributed by atoms with Crippen LogP contribution in [0.2, 0.25) is 0 Å². The second kappa shape index (κ2) is 5.52. The molecule has 0 aromatic carbocycles. The van der Waals surface area contributed by atoms with Crippen molar-refractivity contribution in [2.75, 3.05) is 25.9 Å². The number of amides is 2. The van der Waals surface area contributed by atoms with Crippen LogP contribution in [-0.2, 0) is 11.8 Å². The zero-order chi connectivity index (χ0) is 14.9. The van der Waals surface area contributed by atoms with Crippen LogP contribution in [0.25, 0.3) is 0 Å². The molecule has 1 atom stereocenters. The first kappa shape index (κ1) is 14.4. The topological polar surface area (TPSA) is 93.2 Å². The third kappa shape index (κ3) is 2.48. The fraction of sp³-hybridized carbons (Fsp3) is 0.615. The molecule has 1 aromatic heterocycles. The van der Waals surface area contributed by atoms with Crippen LogP contribution in [0.1, 0.15) is 29.0 Å². The summed E-state index contributed by atoms with van der Waals surface area (Å²) in [6.07, 6.45) is 1.63. The number of nitrogens with two attached hydrogens (primary N) is 1. The normalized spacial score (nSPS) is 18.9. The quantitative estimate of drug-likeness (QED) is 0.791. The number of rotatable bonds is 2. The minimum absolute atomic E-state index is 0.0170. The monoisotopic (exact) mass is 279 g/mol. The number of hydrogen-bond donors (Lipinski definition) is 2. The molecule has 1 aliphatic rings. The maximum Gasteiger partial charge on any atom is 0.274 e. The number of nitrogens with one attached hydrogen (secondary N) is 1. The van der Waals surface area contributed by atoms with E-state index in [0.717, 1.165) is 12.8 Å². The smallest absolute Gasteiger partial charge is 0.274 e. The van der Waals surface area contributed by atoms with Gasteiger partial charge in [-0.15, -0.1) is 0 Å². The number of carbonyl (C=O) groups excluding carboxylic acids is 2. The average Bonchev–Trinajstić information content (AvgIpc) is 2.70. The van der Waals surface area contributed by atoms with Crippen LogP contribution in [0.15, 0.2) is 0 Å². The highest BCUT2D eigenvalue weighted by Gasteiger charge is 2.30. The molecule has 0 bridgehead atoms. The number of likely N-dealkylation sites (tertiary alicyclic amines) is 1. The molecule has 0 saturated carbocycles. The van der Waals surface area contributed by atoms with E-state index in [9.17, 15) is 9.59 Å². The van der Waals surface area contributed by atoms with E-state index in [4.69, 9.17) is 5.73 Å². The number of anilines is 1. The van der Waals surface area contributed by atoms with Crippen molar-refractivity contribution in [3.05, 3.63) is 11.4 Å². The Morgan fingerprint density at radius 2 is 2.15 bits per heavy atom. The lowest BCUT2D eigenvalue weighted by Crippen LogP contribution is -2.45. The summed E-state index contributed by atoms with van der Waals surface area (Å²) in [7, 11) is 3.32. The van der Waals surface area contributed by atoms with Crippen molar-refractivity contribution >= 4 is 17.5 Å². The Bertz CT molecular complexity index is 537. The Hall–Kier alpha value is -2.05. The zero-order valence-corrected chi connectivity index (χ0v) is 12.1. The van der Waals surface area contributed by atoms with E-state index in [1.807, 2.05) is 0 Å². The van der Waals surface area contributed by atoms with Gasteiger partial charge in [-0.2, -0.15) is 5.10 Å². The maximum atomic E-state index is 12.6. The second-order valence-corrected chi connectivity index (χ2v) is 5.18. The summed E-state index contributed by atoms with van der Waals surface area (Å²) in [6, 6.07) is 0. The van der Waals surface area contributed by atoms with E-state index >= 15 is 0 Å². The van der Waals surface area contributed by atoms with Crippen LogP contribution in [0.5, 0.6) is 0 Å². The van der Waals surface area contributed by atoms with Gasteiger partial charge < -0.3 is 16.0 Å². The zero-order valence-electron chi connectivity index (χ0n) is 12.1. The fourth-order valence-electron chi connectivity index (χ4n) is 2.66. The van der Waals surface area contributed by atoms with Gasteiger partial charge in [0.1, 0.15) is 5.69 Å². The first-order valence-corrected chi connectivity index (χ1v) is 6.75. The predicted molar refractivity (Wildman–Crippen MR) is 75.1 cm³/mol. The molecule has 2 heterocycles. The van der Waals surface area contributed by atoms with Crippen LogP contribution >= 0.6 is 0 Å². The number of hydrogen-bond acceptors (Lipinski definition) is 4. The van der Waals surface area contributed by atoms with E-state index < -0.39 is 0 Å². The SMILES string of the molecule is CNC(=O)C1CCCN(C(=O)c2c(N)c(C)nn2C)C1. The molecule has 1 fully saturated rings. The maximum absolute atomic E-state index is 12.6. The van der Waals surface area contributed by atoms with Crippen molar-refractivity contribution in [1.29, 1.82) is 0 Å². The molecule has 1 unspecified atom stereocenters. The Labute approximate surface area is 118 Å². The lowest BCUT2D eigenvalue weighted by atomic mass is 9.97. The van der Waals surface area contributed by atoms with E-state index in [-0.39, 0.29) is 17.7 Å². The molecule has 7 heteroatoms. The molecular formula is C13H21N5O2. The van der Waals surface area contributed by atoms with Gasteiger partial charge in [0.2, 0.25) is 5.91 Å². The molecule has 1 aliphatic heterocycles. The van der Waals surface area contributed by atoms with Gasteiger partial charge in [-0.25, -0.2) is 0 Å². The lowest BCUT2D eigenvalue weighted by molar-refractivity contribution is -0.125. The molecule has 1 aromatic rings. The summed E-state index contributed by atoms with van der Waals surface area (Å²) in [5.74, 6) is -0.316. The van der Waals surface area contributed by atoms with Gasteiger partial charge in [-0.05, 0) is 19.8 Å². The van der Waals surface area contributed by atoms with Crippen molar-refractivity contribution in [3.8, 4) is 0 Å². The number of nitrogen functional groups attached to an aromatic ring is 1. The Balaban J connectivity index is 2.18. The van der Waals surface area contributed by atoms with Gasteiger partial charge in [0.05, 0.1) is 17.3 Å². The third-order valence-electron chi connectivity index (χ3n) is 3.80. The van der Waals surface area contributed by atoms with Gasteiger partial charge in [-0.3, -0.25) is 14.3 Å². The van der Waals surface area contributed by atoms with Crippen molar-refractivity contribution in [2.45, 2.75) is 19.8 Å². The molecule has 7 nitrogen and oxygen atoms in total. The molecule has 1 saturated heterocycles. The molecule has 2 rings (SSSR count). The molecule has 20 heavy (non-hydrogen) atoms. The average molecular weight is 279 g/mol. The minimum atomic E-state index is -0.154. The van der Waals surface area contributed by atoms with Crippen LogP contribution < -0.4 is 11.1 Å². The van der Waals surface area contributed by atoms with Crippen LogP contribution in [0.4, 0.5) is 5.69 Å². The highest BCUT2D eigenvalue weighted by molar-refractivity contribution is 5.98. The predicted octanol–water partition coefficient (Wildman–Crippen LogP) is -0.0911. The number of piperidine rings is 1. The summed E-state index contributed by atoms with van der Waals surface area (Å²) in [5, 5.41) is 6.80. The van der Waals surface area contributed by atoms with Gasteiger partial charge in [0, 0.05) is 27.2 Å². The Kier molecular flexibility index (Phi) is 3.96. The summed E-state index contributed by atoms with van der Waals surface area (Å²) in [4.78, 5) is 26.0. The summed E-state index contributed by atoms with van der Waals surface area (Å²) in [5.41, 5.74) is 7.39. The number of aryl methyl sites for hydroxylation is 2. The van der Waals surface area contributed by atoms with Crippen molar-refractivity contribution in [1.82, 2.24) is 20.0 Å². The van der Waals surface area contributed by atoms with E-state index in [1.165, 1.54) is 4.68 Å². The molecular weight excluding hydrogens is 258 g/mol. The first-order chi connectivity index (χ1) is 9.45. The molecule has 3 N–H and O–H groups in total. The van der Waals surface area contributed by atoms with Gasteiger partial charge in [0.15, 0.2) is 0 Å². The summed E-state index contributed by atoms with van der Waals surface area (Å²) < 4.78 is 1.51. The largest absolute Gasteiger partial charge is 0.395 e. The van der Waals surface area contributed by atoms with Crippen LogP contribution in [0.3, 0.4) is 0 Å². The standard InChI is InChI=1S/C13H21N5O2/c1-8-10(14)11(17(3)16-8)13(20)18-6-4-5-9(7-18)12(19)15-2/h9H,4-7,14H2,1-3H3,(H,15,19). The summed E-state index contributed by atoms with van der Waals surface area (Å²) in [6.45, 7) is 2.85. The van der Waals surface area contributed by atoms with Gasteiger partial charge in [-0.1, -0.05) is 0 Å². The van der Waals surface area contributed by atoms with Crippen LogP contribution in [-0.4, -0.2) is 46.6 Å². The number of nitrogens with zero attached hydrogens (tertiary/aromatic N) is 3. The lowest BCUT2D eigenvalue weighted by Gasteiger charge is -2.31. The highest BCUT2D eigenvalue weighted by atomic mass is 16.2. The Morgan fingerprint density at radius 1 is 1.45 bits per heavy atom. The molecule has 2 amide bonds. The van der Waals surface area contributed by atoms with Gasteiger partial charge >= 0.3 is 0 Å². The number of carbonyl (C=O) groups is 2. The van der Waals surface area contributed by atoms with Gasteiger partial charge in [0.25, 0.3) is 5.91 Å². The van der Waals surface area contributed by atoms with E-state index in [0.29, 0.717) is 30.2 Å². The van der Waals surface area contributed by atoms with E-state index in [2.05, 4.69) is 10.4 Å². The molecule has 0 spiro atoms. The first-order valence-electron chi connectivity index (χ1n) is 6.75. The second-order valence-electron chi connectivity index (χ2n) is 5.18. The van der Waals surface area contributed by atoms with Crippen molar-refractivity contribution in [3.63, 3.8) is 0 Å².